The van der Waals surface area contributed by atoms with Crippen LogP contribution in [0.3, 0.4) is 0 Å². The van der Waals surface area contributed by atoms with Crippen LogP contribution >= 0.6 is 0 Å². The van der Waals surface area contributed by atoms with Crippen molar-refractivity contribution < 1.29 is 14.6 Å². The molecule has 1 aliphatic carbocycles. The van der Waals surface area contributed by atoms with Crippen LogP contribution in [0.5, 0.6) is 11.5 Å². The monoisotopic (exact) mass is 326 g/mol. The first-order valence-corrected chi connectivity index (χ1v) is 8.26. The third kappa shape index (κ3) is 3.07. The maximum Gasteiger partial charge on any atom is 0.157 e. The number of rotatable bonds is 6. The van der Waals surface area contributed by atoms with Crippen LogP contribution in [0, 0.1) is 0 Å². The number of phenols is 1. The first kappa shape index (κ1) is 16.3. The molecule has 0 aliphatic heterocycles. The van der Waals surface area contributed by atoms with E-state index in [1.807, 2.05) is 16.9 Å². The maximum absolute atomic E-state index is 11.2. The Morgan fingerprint density at radius 3 is 2.92 bits per heavy atom. The predicted octanol–water partition coefficient (Wildman–Crippen LogP) is 4.00. The van der Waals surface area contributed by atoms with Gasteiger partial charge in [-0.05, 0) is 62.5 Å². The van der Waals surface area contributed by atoms with Crippen LogP contribution in [-0.2, 0) is 0 Å². The van der Waals surface area contributed by atoms with Crippen molar-refractivity contribution in [2.45, 2.75) is 39.2 Å². The van der Waals surface area contributed by atoms with Crippen molar-refractivity contribution in [3.05, 3.63) is 47.3 Å². The van der Waals surface area contributed by atoms with E-state index in [1.54, 1.807) is 12.1 Å². The quantitative estimate of drug-likeness (QED) is 0.815. The van der Waals surface area contributed by atoms with Crippen molar-refractivity contribution in [2.24, 2.45) is 0 Å². The van der Waals surface area contributed by atoms with Gasteiger partial charge in [0, 0.05) is 12.2 Å². The lowest BCUT2D eigenvalue weighted by atomic mass is 10.1. The molecule has 0 spiro atoms. The molecule has 0 bridgehead atoms. The van der Waals surface area contributed by atoms with Crippen molar-refractivity contribution >= 4 is 11.9 Å². The molecule has 0 saturated heterocycles. The zero-order chi connectivity index (χ0) is 17.1. The summed E-state index contributed by atoms with van der Waals surface area (Å²) in [5.74, 6) is 0.363. The Balaban J connectivity index is 1.85. The molecular formula is C19H22N2O3. The van der Waals surface area contributed by atoms with Crippen molar-refractivity contribution in [1.82, 2.24) is 9.78 Å². The van der Waals surface area contributed by atoms with E-state index in [9.17, 15) is 9.90 Å². The Hall–Kier alpha value is -2.56. The second-order valence-electron chi connectivity index (χ2n) is 6.29. The summed E-state index contributed by atoms with van der Waals surface area (Å²) in [6.45, 7) is 4.65. The van der Waals surface area contributed by atoms with Gasteiger partial charge < -0.3 is 9.84 Å². The van der Waals surface area contributed by atoms with Crippen molar-refractivity contribution in [2.75, 3.05) is 6.61 Å². The van der Waals surface area contributed by atoms with E-state index in [1.165, 1.54) is 17.2 Å². The molecule has 1 aromatic heterocycles. The highest BCUT2D eigenvalue weighted by molar-refractivity contribution is 5.83. The number of hydrogen-bond donors (Lipinski definition) is 1. The van der Waals surface area contributed by atoms with Gasteiger partial charge in [-0.2, -0.15) is 5.10 Å². The molecule has 1 N–H and O–H groups in total. The zero-order valence-electron chi connectivity index (χ0n) is 14.0. The van der Waals surface area contributed by atoms with Crippen molar-refractivity contribution in [3.8, 4) is 11.5 Å². The molecule has 1 aromatic carbocycles. The van der Waals surface area contributed by atoms with Crippen LogP contribution in [0.25, 0.3) is 5.57 Å². The van der Waals surface area contributed by atoms with Gasteiger partial charge in [-0.1, -0.05) is 6.07 Å². The summed E-state index contributed by atoms with van der Waals surface area (Å²) in [5, 5.41) is 14.2. The fourth-order valence-electron chi connectivity index (χ4n) is 3.18. The minimum Gasteiger partial charge on any atom is -0.507 e. The number of allylic oxidation sites excluding steroid dienone is 1. The Morgan fingerprint density at radius 1 is 1.33 bits per heavy atom. The molecule has 5 heteroatoms. The van der Waals surface area contributed by atoms with E-state index in [4.69, 9.17) is 4.74 Å². The smallest absolute Gasteiger partial charge is 0.157 e. The Morgan fingerprint density at radius 2 is 2.17 bits per heavy atom. The van der Waals surface area contributed by atoms with Gasteiger partial charge in [-0.15, -0.1) is 0 Å². The fourth-order valence-corrected chi connectivity index (χ4v) is 3.18. The molecule has 2 aromatic rings. The summed E-state index contributed by atoms with van der Waals surface area (Å²) in [6.07, 6.45) is 5.55. The molecule has 1 aliphatic rings. The topological polar surface area (TPSA) is 64.3 Å². The largest absolute Gasteiger partial charge is 0.507 e. The highest BCUT2D eigenvalue weighted by atomic mass is 16.5. The third-order valence-electron chi connectivity index (χ3n) is 4.36. The van der Waals surface area contributed by atoms with E-state index >= 15 is 0 Å². The number of aldehydes is 1. The van der Waals surface area contributed by atoms with Crippen LogP contribution in [0.15, 0.2) is 36.0 Å². The van der Waals surface area contributed by atoms with Gasteiger partial charge >= 0.3 is 0 Å². The van der Waals surface area contributed by atoms with Gasteiger partial charge in [0.05, 0.1) is 11.3 Å². The third-order valence-corrected chi connectivity index (χ3v) is 4.36. The molecule has 126 valence electrons. The lowest BCUT2D eigenvalue weighted by Gasteiger charge is -2.15. The van der Waals surface area contributed by atoms with Crippen LogP contribution in [-0.4, -0.2) is 27.8 Å². The average molecular weight is 326 g/mol. The molecule has 0 fully saturated rings. The standard InChI is InChI=1S/C19H22N2O3/c1-13(2)21-17(9-10-20-21)15-6-3-5-14(15)12-24-19-8-4-7-18(23)16(19)11-22/h4,7-11,13,23H,3,5-6,12H2,1-2H3. The maximum atomic E-state index is 11.2. The number of carbonyl (C=O) groups is 1. The van der Waals surface area contributed by atoms with E-state index in [2.05, 4.69) is 18.9 Å². The van der Waals surface area contributed by atoms with Gasteiger partial charge in [0.1, 0.15) is 18.1 Å². The Bertz CT molecular complexity index is 775. The lowest BCUT2D eigenvalue weighted by Crippen LogP contribution is -2.08. The normalized spacial score (nSPS) is 14.5. The molecule has 0 atom stereocenters. The van der Waals surface area contributed by atoms with Gasteiger partial charge in [0.25, 0.3) is 0 Å². The van der Waals surface area contributed by atoms with E-state index in [0.29, 0.717) is 24.7 Å². The van der Waals surface area contributed by atoms with E-state index < -0.39 is 0 Å². The summed E-state index contributed by atoms with van der Waals surface area (Å²) >= 11 is 0. The molecule has 24 heavy (non-hydrogen) atoms. The van der Waals surface area contributed by atoms with Gasteiger partial charge in [-0.3, -0.25) is 9.48 Å². The number of nitrogens with zero attached hydrogens (tertiary/aromatic N) is 2. The second-order valence-corrected chi connectivity index (χ2v) is 6.29. The number of ether oxygens (including phenoxy) is 1. The van der Waals surface area contributed by atoms with E-state index in [-0.39, 0.29) is 11.3 Å². The van der Waals surface area contributed by atoms with E-state index in [0.717, 1.165) is 25.0 Å². The number of benzene rings is 1. The van der Waals surface area contributed by atoms with Gasteiger partial charge in [0.15, 0.2) is 6.29 Å². The number of aromatic nitrogens is 2. The van der Waals surface area contributed by atoms with Crippen LogP contribution in [0.2, 0.25) is 0 Å². The molecule has 0 amide bonds. The van der Waals surface area contributed by atoms with Gasteiger partial charge in [0.2, 0.25) is 0 Å². The zero-order valence-corrected chi connectivity index (χ0v) is 14.0. The molecule has 0 saturated carbocycles. The highest BCUT2D eigenvalue weighted by Crippen LogP contribution is 2.35. The van der Waals surface area contributed by atoms with Gasteiger partial charge in [-0.25, -0.2) is 0 Å². The fraction of sp³-hybridized carbons (Fsp3) is 0.368. The molecule has 1 heterocycles. The van der Waals surface area contributed by atoms with Crippen molar-refractivity contribution in [1.29, 1.82) is 0 Å². The number of hydrogen-bond acceptors (Lipinski definition) is 4. The van der Waals surface area contributed by atoms with Crippen LogP contribution in [0.4, 0.5) is 0 Å². The number of phenolic OH excluding ortho intramolecular Hbond substituents is 1. The molecular weight excluding hydrogens is 304 g/mol. The summed E-state index contributed by atoms with van der Waals surface area (Å²) in [6, 6.07) is 7.22. The SMILES string of the molecule is CC(C)n1nccc1C1=C(COc2cccc(O)c2C=O)CCC1. The second kappa shape index (κ2) is 6.91. The first-order valence-electron chi connectivity index (χ1n) is 8.26. The lowest BCUT2D eigenvalue weighted by molar-refractivity contribution is 0.111. The molecule has 0 radical (unpaired) electrons. The Kier molecular flexibility index (Phi) is 4.69. The summed E-state index contributed by atoms with van der Waals surface area (Å²) in [7, 11) is 0. The van der Waals surface area contributed by atoms with Crippen LogP contribution < -0.4 is 4.74 Å². The predicted molar refractivity (Wildman–Crippen MR) is 92.4 cm³/mol. The minimum atomic E-state index is -0.0546. The molecule has 0 unspecified atom stereocenters. The summed E-state index contributed by atoms with van der Waals surface area (Å²) < 4.78 is 7.88. The number of aromatic hydroxyl groups is 1. The first-order chi connectivity index (χ1) is 11.6. The highest BCUT2D eigenvalue weighted by Gasteiger charge is 2.21. The Labute approximate surface area is 141 Å². The molecule has 3 rings (SSSR count). The summed E-state index contributed by atoms with van der Waals surface area (Å²) in [4.78, 5) is 11.2. The molecule has 5 nitrogen and oxygen atoms in total. The summed E-state index contributed by atoms with van der Waals surface area (Å²) in [5.41, 5.74) is 3.86. The minimum absolute atomic E-state index is 0.0546. The number of carbonyl (C=O) groups excluding carboxylic acids is 1. The van der Waals surface area contributed by atoms with Crippen molar-refractivity contribution in [3.63, 3.8) is 0 Å². The van der Waals surface area contributed by atoms with Crippen LogP contribution in [0.1, 0.15) is 55.2 Å². The average Bonchev–Trinajstić information content (AvgIpc) is 3.21.